The number of thiophene rings is 1. The number of carbonyl (C=O) groups excluding carboxylic acids is 1. The maximum atomic E-state index is 12.8. The van der Waals surface area contributed by atoms with E-state index in [1.807, 2.05) is 36.4 Å². The molecule has 2 heterocycles. The molecule has 0 aliphatic carbocycles. The fraction of sp³-hybridized carbons (Fsp3) is 0.320. The Morgan fingerprint density at radius 3 is 2.45 bits per heavy atom. The molecule has 1 aliphatic heterocycles. The predicted molar refractivity (Wildman–Crippen MR) is 131 cm³/mol. The van der Waals surface area contributed by atoms with Crippen LogP contribution >= 0.6 is 22.9 Å². The molecule has 1 saturated heterocycles. The van der Waals surface area contributed by atoms with Crippen molar-refractivity contribution in [2.45, 2.75) is 25.4 Å². The molecule has 1 aromatic heterocycles. The summed E-state index contributed by atoms with van der Waals surface area (Å²) in [4.78, 5) is 19.1. The lowest BCUT2D eigenvalue weighted by atomic mass is 10.0. The Labute approximate surface area is 193 Å². The first-order valence-corrected chi connectivity index (χ1v) is 11.8. The van der Waals surface area contributed by atoms with Gasteiger partial charge in [-0.2, -0.15) is 0 Å². The number of likely N-dealkylation sites (tertiary alicyclic amines) is 1. The summed E-state index contributed by atoms with van der Waals surface area (Å²) in [5.74, 6) is 0.0148. The topological polar surface area (TPSA) is 35.6 Å². The van der Waals surface area contributed by atoms with Gasteiger partial charge in [-0.05, 0) is 48.7 Å². The third kappa shape index (κ3) is 5.48. The molecule has 0 spiro atoms. The van der Waals surface area contributed by atoms with Crippen LogP contribution in [0.5, 0.6) is 0 Å². The maximum Gasteiger partial charge on any atom is 0.261 e. The smallest absolute Gasteiger partial charge is 0.261 e. The lowest BCUT2D eigenvalue weighted by Gasteiger charge is -2.32. The van der Waals surface area contributed by atoms with Crippen molar-refractivity contribution in [2.75, 3.05) is 32.1 Å². The van der Waals surface area contributed by atoms with Crippen molar-refractivity contribution in [3.8, 4) is 10.4 Å². The quantitative estimate of drug-likeness (QED) is 0.533. The van der Waals surface area contributed by atoms with E-state index in [9.17, 15) is 4.79 Å². The van der Waals surface area contributed by atoms with Gasteiger partial charge in [0.15, 0.2) is 0 Å². The first kappa shape index (κ1) is 21.9. The number of benzene rings is 2. The number of hydrogen-bond donors (Lipinski definition) is 1. The zero-order valence-electron chi connectivity index (χ0n) is 18.0. The van der Waals surface area contributed by atoms with Gasteiger partial charge in [0, 0.05) is 60.9 Å². The summed E-state index contributed by atoms with van der Waals surface area (Å²) in [5.41, 5.74) is 3.52. The van der Waals surface area contributed by atoms with Crippen LogP contribution in [0.3, 0.4) is 0 Å². The van der Waals surface area contributed by atoms with E-state index in [2.05, 4.69) is 53.5 Å². The molecule has 1 fully saturated rings. The molecule has 1 N–H and O–H groups in total. The standard InChI is InChI=1S/C25H28ClN3OS/c1-28(2)20-9-7-18(8-10-20)17-29-15-13-19(14-16-29)27-25(30)24-12-11-23(31-24)21-5-3-4-6-22(21)26/h3-12,19H,13-17H2,1-2H3,(H,27,30). The average molecular weight is 454 g/mol. The number of nitrogens with zero attached hydrogens (tertiary/aromatic N) is 2. The highest BCUT2D eigenvalue weighted by atomic mass is 35.5. The Morgan fingerprint density at radius 2 is 1.77 bits per heavy atom. The van der Waals surface area contributed by atoms with Crippen LogP contribution in [0.15, 0.2) is 60.7 Å². The van der Waals surface area contributed by atoms with Crippen molar-refractivity contribution in [3.63, 3.8) is 0 Å². The molecule has 0 bridgehead atoms. The summed E-state index contributed by atoms with van der Waals surface area (Å²) in [7, 11) is 4.11. The second-order valence-electron chi connectivity index (χ2n) is 8.23. The highest BCUT2D eigenvalue weighted by Gasteiger charge is 2.22. The minimum absolute atomic E-state index is 0.0148. The largest absolute Gasteiger partial charge is 0.378 e. The van der Waals surface area contributed by atoms with Gasteiger partial charge in [-0.1, -0.05) is 41.9 Å². The second kappa shape index (κ2) is 9.86. The number of hydrogen-bond acceptors (Lipinski definition) is 4. The molecule has 0 atom stereocenters. The monoisotopic (exact) mass is 453 g/mol. The molecule has 0 radical (unpaired) electrons. The van der Waals surface area contributed by atoms with E-state index in [1.54, 1.807) is 0 Å². The summed E-state index contributed by atoms with van der Waals surface area (Å²) < 4.78 is 0. The van der Waals surface area contributed by atoms with E-state index in [4.69, 9.17) is 11.6 Å². The van der Waals surface area contributed by atoms with Gasteiger partial charge in [-0.3, -0.25) is 9.69 Å². The minimum atomic E-state index is 0.0148. The van der Waals surface area contributed by atoms with E-state index in [1.165, 1.54) is 22.6 Å². The number of anilines is 1. The summed E-state index contributed by atoms with van der Waals surface area (Å²) in [6.45, 7) is 2.95. The van der Waals surface area contributed by atoms with Gasteiger partial charge in [-0.15, -0.1) is 11.3 Å². The minimum Gasteiger partial charge on any atom is -0.378 e. The molecule has 4 rings (SSSR count). The van der Waals surface area contributed by atoms with E-state index < -0.39 is 0 Å². The van der Waals surface area contributed by atoms with Gasteiger partial charge in [0.2, 0.25) is 0 Å². The highest BCUT2D eigenvalue weighted by molar-refractivity contribution is 7.17. The SMILES string of the molecule is CN(C)c1ccc(CN2CCC(NC(=O)c3ccc(-c4ccccc4Cl)s3)CC2)cc1. The lowest BCUT2D eigenvalue weighted by molar-refractivity contribution is 0.0913. The van der Waals surface area contributed by atoms with Crippen LogP contribution in [-0.4, -0.2) is 44.0 Å². The Balaban J connectivity index is 1.28. The van der Waals surface area contributed by atoms with Gasteiger partial charge < -0.3 is 10.2 Å². The fourth-order valence-corrected chi connectivity index (χ4v) is 5.16. The molecular formula is C25H28ClN3OS. The molecule has 1 amide bonds. The van der Waals surface area contributed by atoms with E-state index in [-0.39, 0.29) is 11.9 Å². The summed E-state index contributed by atoms with van der Waals surface area (Å²) in [6, 6.07) is 20.6. The zero-order chi connectivity index (χ0) is 21.8. The third-order valence-electron chi connectivity index (χ3n) is 5.75. The van der Waals surface area contributed by atoms with Crippen LogP contribution in [0.2, 0.25) is 5.02 Å². The molecule has 162 valence electrons. The molecule has 31 heavy (non-hydrogen) atoms. The number of halogens is 1. The molecule has 1 aliphatic rings. The van der Waals surface area contributed by atoms with E-state index >= 15 is 0 Å². The Bertz CT molecular complexity index is 1020. The number of rotatable bonds is 6. The normalized spacial score (nSPS) is 15.1. The van der Waals surface area contributed by atoms with Crippen molar-refractivity contribution >= 4 is 34.5 Å². The zero-order valence-corrected chi connectivity index (χ0v) is 19.5. The van der Waals surface area contributed by atoms with Crippen LogP contribution in [-0.2, 0) is 6.54 Å². The second-order valence-corrected chi connectivity index (χ2v) is 9.72. The average Bonchev–Trinajstić information content (AvgIpc) is 3.26. The van der Waals surface area contributed by atoms with Crippen molar-refractivity contribution < 1.29 is 4.79 Å². The maximum absolute atomic E-state index is 12.8. The van der Waals surface area contributed by atoms with Crippen molar-refractivity contribution in [1.82, 2.24) is 10.2 Å². The van der Waals surface area contributed by atoms with Gasteiger partial charge >= 0.3 is 0 Å². The fourth-order valence-electron chi connectivity index (χ4n) is 3.92. The van der Waals surface area contributed by atoms with Crippen LogP contribution in [0.4, 0.5) is 5.69 Å². The lowest BCUT2D eigenvalue weighted by Crippen LogP contribution is -2.44. The summed E-state index contributed by atoms with van der Waals surface area (Å²) in [6.07, 6.45) is 1.95. The predicted octanol–water partition coefficient (Wildman–Crippen LogP) is 5.53. The van der Waals surface area contributed by atoms with Crippen molar-refractivity contribution in [3.05, 3.63) is 76.1 Å². The highest BCUT2D eigenvalue weighted by Crippen LogP contribution is 2.33. The first-order valence-electron chi connectivity index (χ1n) is 10.6. The van der Waals surface area contributed by atoms with Crippen LogP contribution < -0.4 is 10.2 Å². The van der Waals surface area contributed by atoms with Gasteiger partial charge in [0.1, 0.15) is 0 Å². The number of piperidine rings is 1. The Morgan fingerprint density at radius 1 is 1.06 bits per heavy atom. The van der Waals surface area contributed by atoms with Gasteiger partial charge in [0.25, 0.3) is 5.91 Å². The molecule has 0 unspecified atom stereocenters. The van der Waals surface area contributed by atoms with Crippen molar-refractivity contribution in [2.24, 2.45) is 0 Å². The van der Waals surface area contributed by atoms with Crippen LogP contribution in [0, 0.1) is 0 Å². The molecular weight excluding hydrogens is 426 g/mol. The van der Waals surface area contributed by atoms with E-state index in [0.717, 1.165) is 47.8 Å². The van der Waals surface area contributed by atoms with Gasteiger partial charge in [-0.25, -0.2) is 0 Å². The van der Waals surface area contributed by atoms with Crippen molar-refractivity contribution in [1.29, 1.82) is 0 Å². The number of nitrogens with one attached hydrogen (secondary N) is 1. The Kier molecular flexibility index (Phi) is 6.96. The van der Waals surface area contributed by atoms with Crippen LogP contribution in [0.1, 0.15) is 28.1 Å². The third-order valence-corrected chi connectivity index (χ3v) is 7.20. The summed E-state index contributed by atoms with van der Waals surface area (Å²) >= 11 is 7.79. The van der Waals surface area contributed by atoms with E-state index in [0.29, 0.717) is 5.02 Å². The van der Waals surface area contributed by atoms with Gasteiger partial charge in [0.05, 0.1) is 4.88 Å². The molecule has 6 heteroatoms. The first-order chi connectivity index (χ1) is 15.0. The number of amides is 1. The van der Waals surface area contributed by atoms with Crippen LogP contribution in [0.25, 0.3) is 10.4 Å². The Hall–Kier alpha value is -2.34. The number of carbonyl (C=O) groups is 1. The molecule has 4 nitrogen and oxygen atoms in total. The molecule has 0 saturated carbocycles. The summed E-state index contributed by atoms with van der Waals surface area (Å²) in [5, 5.41) is 3.93. The molecule has 3 aromatic rings. The molecule has 2 aromatic carbocycles.